The number of ether oxygens (including phenoxy) is 1. The van der Waals surface area contributed by atoms with Gasteiger partial charge in [-0.15, -0.1) is 0 Å². The third-order valence-electron chi connectivity index (χ3n) is 2.91. The fourth-order valence-corrected chi connectivity index (χ4v) is 2.10. The molecule has 1 fully saturated rings. The molecule has 0 aromatic rings. The highest BCUT2D eigenvalue weighted by molar-refractivity contribution is 5.77. The summed E-state index contributed by atoms with van der Waals surface area (Å²) in [5, 5.41) is 11.5. The van der Waals surface area contributed by atoms with E-state index in [1.165, 1.54) is 0 Å². The number of hydrogen-bond donors (Lipinski definition) is 2. The van der Waals surface area contributed by atoms with Crippen molar-refractivity contribution in [2.45, 2.75) is 51.7 Å². The molecule has 0 aromatic carbocycles. The predicted octanol–water partition coefficient (Wildman–Crippen LogP) is 1.17. The Morgan fingerprint density at radius 3 is 2.76 bits per heavy atom. The number of amides is 1. The average molecular weight is 243 g/mol. The van der Waals surface area contributed by atoms with Crippen molar-refractivity contribution in [1.29, 1.82) is 0 Å². The summed E-state index contributed by atoms with van der Waals surface area (Å²) in [4.78, 5) is 22.1. The summed E-state index contributed by atoms with van der Waals surface area (Å²) in [6, 6.07) is 0.170. The Morgan fingerprint density at radius 2 is 2.18 bits per heavy atom. The molecule has 1 saturated heterocycles. The molecule has 0 saturated carbocycles. The number of carbonyl (C=O) groups is 2. The molecule has 0 spiro atoms. The van der Waals surface area contributed by atoms with Crippen LogP contribution in [0.15, 0.2) is 0 Å². The fourth-order valence-electron chi connectivity index (χ4n) is 2.10. The Balaban J connectivity index is 2.26. The van der Waals surface area contributed by atoms with E-state index in [2.05, 4.69) is 5.32 Å². The van der Waals surface area contributed by atoms with Gasteiger partial charge in [0.25, 0.3) is 0 Å². The van der Waals surface area contributed by atoms with Crippen LogP contribution >= 0.6 is 0 Å². The Morgan fingerprint density at radius 1 is 1.47 bits per heavy atom. The molecule has 5 heteroatoms. The molecular weight excluding hydrogens is 222 g/mol. The van der Waals surface area contributed by atoms with Gasteiger partial charge in [0.1, 0.15) is 0 Å². The number of carbonyl (C=O) groups excluding carboxylic acids is 1. The maximum absolute atomic E-state index is 11.7. The quantitative estimate of drug-likeness (QED) is 0.760. The van der Waals surface area contributed by atoms with Crippen LogP contribution in [-0.4, -0.2) is 35.7 Å². The zero-order chi connectivity index (χ0) is 12.8. The van der Waals surface area contributed by atoms with Crippen molar-refractivity contribution in [3.05, 3.63) is 0 Å². The van der Waals surface area contributed by atoms with Crippen LogP contribution in [0.3, 0.4) is 0 Å². The first-order valence-electron chi connectivity index (χ1n) is 6.10. The van der Waals surface area contributed by atoms with Crippen LogP contribution in [0.4, 0.5) is 0 Å². The zero-order valence-electron chi connectivity index (χ0n) is 10.4. The molecule has 1 aliphatic heterocycles. The van der Waals surface area contributed by atoms with Crippen LogP contribution in [0.25, 0.3) is 0 Å². The molecule has 5 nitrogen and oxygen atoms in total. The first-order chi connectivity index (χ1) is 7.97. The van der Waals surface area contributed by atoms with Gasteiger partial charge in [0.2, 0.25) is 5.91 Å². The van der Waals surface area contributed by atoms with Crippen molar-refractivity contribution in [2.24, 2.45) is 5.92 Å². The highest BCUT2D eigenvalue weighted by atomic mass is 16.5. The molecule has 3 atom stereocenters. The van der Waals surface area contributed by atoms with Crippen LogP contribution in [0.1, 0.15) is 39.5 Å². The number of nitrogens with one attached hydrogen (secondary N) is 1. The molecule has 1 rings (SSSR count). The van der Waals surface area contributed by atoms with Gasteiger partial charge in [-0.25, -0.2) is 0 Å². The Labute approximate surface area is 102 Å². The first kappa shape index (κ1) is 14.0. The summed E-state index contributed by atoms with van der Waals surface area (Å²) in [5.74, 6) is -1.03. The van der Waals surface area contributed by atoms with Gasteiger partial charge in [-0.1, -0.05) is 6.92 Å². The molecule has 17 heavy (non-hydrogen) atoms. The lowest BCUT2D eigenvalue weighted by Crippen LogP contribution is -2.41. The molecule has 3 unspecified atom stereocenters. The molecule has 0 bridgehead atoms. The summed E-state index contributed by atoms with van der Waals surface area (Å²) < 4.78 is 5.39. The molecule has 1 heterocycles. The van der Waals surface area contributed by atoms with E-state index in [0.717, 1.165) is 12.8 Å². The minimum absolute atomic E-state index is 0.0393. The van der Waals surface area contributed by atoms with E-state index in [1.807, 2.05) is 6.92 Å². The Bertz CT molecular complexity index is 280. The molecule has 0 aliphatic carbocycles. The van der Waals surface area contributed by atoms with E-state index >= 15 is 0 Å². The third kappa shape index (κ3) is 5.68. The summed E-state index contributed by atoms with van der Waals surface area (Å²) in [6.45, 7) is 4.45. The second-order valence-electron chi connectivity index (χ2n) is 4.88. The average Bonchev–Trinajstić information content (AvgIpc) is 2.14. The van der Waals surface area contributed by atoms with Gasteiger partial charge in [-0.2, -0.15) is 0 Å². The molecule has 98 valence electrons. The molecule has 1 aliphatic rings. The van der Waals surface area contributed by atoms with E-state index in [0.29, 0.717) is 6.61 Å². The molecule has 2 N–H and O–H groups in total. The second kappa shape index (κ2) is 6.59. The number of aliphatic carboxylic acids is 1. The van der Waals surface area contributed by atoms with Crippen molar-refractivity contribution in [3.8, 4) is 0 Å². The predicted molar refractivity (Wildman–Crippen MR) is 62.6 cm³/mol. The smallest absolute Gasteiger partial charge is 0.303 e. The largest absolute Gasteiger partial charge is 0.481 e. The SMILES string of the molecule is CC(CC(=O)O)CC(=O)NC1CCOC(C)C1. The highest BCUT2D eigenvalue weighted by Gasteiger charge is 2.21. The summed E-state index contributed by atoms with van der Waals surface area (Å²) in [6.07, 6.45) is 2.17. The van der Waals surface area contributed by atoms with Crippen molar-refractivity contribution in [3.63, 3.8) is 0 Å². The lowest BCUT2D eigenvalue weighted by molar-refractivity contribution is -0.138. The van der Waals surface area contributed by atoms with Crippen LogP contribution < -0.4 is 5.32 Å². The number of rotatable bonds is 5. The van der Waals surface area contributed by atoms with Gasteiger partial charge in [0.05, 0.1) is 6.10 Å². The molecule has 1 amide bonds. The number of hydrogen-bond acceptors (Lipinski definition) is 3. The van der Waals surface area contributed by atoms with E-state index in [4.69, 9.17) is 9.84 Å². The van der Waals surface area contributed by atoms with Crippen LogP contribution in [0.2, 0.25) is 0 Å². The normalized spacial score (nSPS) is 26.2. The van der Waals surface area contributed by atoms with E-state index < -0.39 is 5.97 Å². The van der Waals surface area contributed by atoms with Crippen LogP contribution in [-0.2, 0) is 14.3 Å². The summed E-state index contributed by atoms with van der Waals surface area (Å²) in [5.41, 5.74) is 0. The standard InChI is InChI=1S/C12H21NO4/c1-8(6-12(15)16)5-11(14)13-10-3-4-17-9(2)7-10/h8-10H,3-7H2,1-2H3,(H,13,14)(H,15,16). The van der Waals surface area contributed by atoms with Gasteiger partial charge in [0, 0.05) is 25.5 Å². The van der Waals surface area contributed by atoms with Crippen LogP contribution in [0.5, 0.6) is 0 Å². The topological polar surface area (TPSA) is 75.6 Å². The maximum atomic E-state index is 11.7. The monoisotopic (exact) mass is 243 g/mol. The van der Waals surface area contributed by atoms with Crippen molar-refractivity contribution >= 4 is 11.9 Å². The minimum atomic E-state index is -0.856. The van der Waals surface area contributed by atoms with E-state index in [9.17, 15) is 9.59 Å². The lowest BCUT2D eigenvalue weighted by atomic mass is 10.0. The van der Waals surface area contributed by atoms with Gasteiger partial charge < -0.3 is 15.2 Å². The molecular formula is C12H21NO4. The van der Waals surface area contributed by atoms with Gasteiger partial charge in [-0.05, 0) is 25.7 Å². The van der Waals surface area contributed by atoms with Crippen molar-refractivity contribution in [1.82, 2.24) is 5.32 Å². The highest BCUT2D eigenvalue weighted by Crippen LogP contribution is 2.14. The Kier molecular flexibility index (Phi) is 5.41. The van der Waals surface area contributed by atoms with Crippen molar-refractivity contribution in [2.75, 3.05) is 6.61 Å². The second-order valence-corrected chi connectivity index (χ2v) is 4.88. The van der Waals surface area contributed by atoms with E-state index in [1.54, 1.807) is 6.92 Å². The third-order valence-corrected chi connectivity index (χ3v) is 2.91. The summed E-state index contributed by atoms with van der Waals surface area (Å²) >= 11 is 0. The molecule has 0 radical (unpaired) electrons. The fraction of sp³-hybridized carbons (Fsp3) is 0.833. The lowest BCUT2D eigenvalue weighted by Gasteiger charge is -2.28. The van der Waals surface area contributed by atoms with Gasteiger partial charge in [-0.3, -0.25) is 9.59 Å². The van der Waals surface area contributed by atoms with E-state index in [-0.39, 0.29) is 36.8 Å². The maximum Gasteiger partial charge on any atom is 0.303 e. The van der Waals surface area contributed by atoms with Gasteiger partial charge in [0.15, 0.2) is 0 Å². The van der Waals surface area contributed by atoms with Crippen molar-refractivity contribution < 1.29 is 19.4 Å². The Hall–Kier alpha value is -1.10. The first-order valence-corrected chi connectivity index (χ1v) is 6.10. The number of carboxylic acids is 1. The van der Waals surface area contributed by atoms with Crippen LogP contribution in [0, 0.1) is 5.92 Å². The summed E-state index contributed by atoms with van der Waals surface area (Å²) in [7, 11) is 0. The number of carboxylic acid groups (broad SMARTS) is 1. The molecule has 0 aromatic heterocycles. The minimum Gasteiger partial charge on any atom is -0.481 e. The zero-order valence-corrected chi connectivity index (χ0v) is 10.4. The van der Waals surface area contributed by atoms with Gasteiger partial charge >= 0.3 is 5.97 Å².